The topological polar surface area (TPSA) is 17.0 Å². The number of aromatic nitrogens is 1. The highest BCUT2D eigenvalue weighted by molar-refractivity contribution is 6.08. The van der Waals surface area contributed by atoms with Crippen molar-refractivity contribution in [2.75, 3.05) is 5.32 Å². The van der Waals surface area contributed by atoms with Crippen LogP contribution in [0.4, 0.5) is 11.4 Å². The Hall–Kier alpha value is -2.74. The Morgan fingerprint density at radius 2 is 1.45 bits per heavy atom. The van der Waals surface area contributed by atoms with E-state index in [0.29, 0.717) is 0 Å². The lowest BCUT2D eigenvalue weighted by molar-refractivity contribution is 0.827. The minimum Gasteiger partial charge on any atom is -0.355 e. The molecule has 1 heterocycles. The van der Waals surface area contributed by atoms with E-state index in [9.17, 15) is 0 Å². The second kappa shape index (κ2) is 5.23. The first-order valence-electron chi connectivity index (χ1n) is 7.70. The Balaban J connectivity index is 1.88. The average molecular weight is 286 g/mol. The van der Waals surface area contributed by atoms with Crippen molar-refractivity contribution in [3.63, 3.8) is 0 Å². The van der Waals surface area contributed by atoms with Gasteiger partial charge in [-0.2, -0.15) is 0 Å². The van der Waals surface area contributed by atoms with Gasteiger partial charge in [-0.3, -0.25) is 0 Å². The van der Waals surface area contributed by atoms with Gasteiger partial charge >= 0.3 is 0 Å². The zero-order valence-electron chi connectivity index (χ0n) is 12.6. The van der Waals surface area contributed by atoms with E-state index in [1.807, 2.05) is 18.2 Å². The Kier molecular flexibility index (Phi) is 3.08. The van der Waals surface area contributed by atoms with Crippen LogP contribution in [0.5, 0.6) is 0 Å². The van der Waals surface area contributed by atoms with Gasteiger partial charge in [-0.15, -0.1) is 0 Å². The van der Waals surface area contributed by atoms with E-state index in [0.717, 1.165) is 17.9 Å². The predicted octanol–water partition coefficient (Wildman–Crippen LogP) is 5.56. The molecule has 0 aliphatic carbocycles. The van der Waals surface area contributed by atoms with Crippen LogP contribution in [0, 0.1) is 0 Å². The molecule has 0 fully saturated rings. The number of benzene rings is 3. The monoisotopic (exact) mass is 286 g/mol. The van der Waals surface area contributed by atoms with Crippen LogP contribution in [-0.4, -0.2) is 4.57 Å². The van der Waals surface area contributed by atoms with Crippen molar-refractivity contribution in [2.24, 2.45) is 0 Å². The fourth-order valence-electron chi connectivity index (χ4n) is 3.16. The third kappa shape index (κ3) is 2.04. The zero-order chi connectivity index (χ0) is 14.9. The molecule has 22 heavy (non-hydrogen) atoms. The summed E-state index contributed by atoms with van der Waals surface area (Å²) in [4.78, 5) is 0. The normalized spacial score (nSPS) is 11.1. The maximum absolute atomic E-state index is 3.48. The van der Waals surface area contributed by atoms with Crippen LogP contribution in [0.15, 0.2) is 72.8 Å². The molecule has 1 N–H and O–H groups in total. The third-order valence-corrected chi connectivity index (χ3v) is 4.15. The fourth-order valence-corrected chi connectivity index (χ4v) is 3.16. The molecule has 2 nitrogen and oxygen atoms in total. The fraction of sp³-hybridized carbons (Fsp3) is 0.100. The summed E-state index contributed by atoms with van der Waals surface area (Å²) >= 11 is 0. The van der Waals surface area contributed by atoms with Gasteiger partial charge in [0.2, 0.25) is 0 Å². The van der Waals surface area contributed by atoms with Crippen LogP contribution in [0.1, 0.15) is 6.92 Å². The number of aryl methyl sites for hydroxylation is 1. The number of fused-ring (bicyclic) bond motifs is 3. The summed E-state index contributed by atoms with van der Waals surface area (Å²) in [5.74, 6) is 0. The summed E-state index contributed by atoms with van der Waals surface area (Å²) in [6.07, 6.45) is 0. The lowest BCUT2D eigenvalue weighted by atomic mass is 10.1. The van der Waals surface area contributed by atoms with Gasteiger partial charge in [-0.25, -0.2) is 0 Å². The van der Waals surface area contributed by atoms with Gasteiger partial charge in [-0.1, -0.05) is 42.5 Å². The number of rotatable bonds is 3. The van der Waals surface area contributed by atoms with Gasteiger partial charge in [0.05, 0.1) is 5.52 Å². The molecule has 0 atom stereocenters. The third-order valence-electron chi connectivity index (χ3n) is 4.15. The Labute approximate surface area is 130 Å². The Morgan fingerprint density at radius 3 is 2.27 bits per heavy atom. The lowest BCUT2D eigenvalue weighted by Gasteiger charge is -2.08. The number of hydrogen-bond donors (Lipinski definition) is 1. The van der Waals surface area contributed by atoms with Crippen molar-refractivity contribution >= 4 is 33.2 Å². The second-order valence-electron chi connectivity index (χ2n) is 5.48. The predicted molar refractivity (Wildman–Crippen MR) is 94.8 cm³/mol. The molecule has 4 aromatic rings. The zero-order valence-corrected chi connectivity index (χ0v) is 12.6. The minimum atomic E-state index is 0.971. The SMILES string of the molecule is CCn1c2ccccc2c2ccc(Nc3ccccc3)cc21. The van der Waals surface area contributed by atoms with Crippen molar-refractivity contribution in [2.45, 2.75) is 13.5 Å². The van der Waals surface area contributed by atoms with Crippen LogP contribution in [-0.2, 0) is 6.54 Å². The van der Waals surface area contributed by atoms with Gasteiger partial charge < -0.3 is 9.88 Å². The van der Waals surface area contributed by atoms with Crippen molar-refractivity contribution in [3.8, 4) is 0 Å². The van der Waals surface area contributed by atoms with Crippen LogP contribution < -0.4 is 5.32 Å². The molecule has 0 unspecified atom stereocenters. The van der Waals surface area contributed by atoms with Crippen LogP contribution >= 0.6 is 0 Å². The van der Waals surface area contributed by atoms with E-state index in [1.54, 1.807) is 0 Å². The summed E-state index contributed by atoms with van der Waals surface area (Å²) in [5.41, 5.74) is 4.82. The molecule has 1 aromatic heterocycles. The number of hydrogen-bond acceptors (Lipinski definition) is 1. The van der Waals surface area contributed by atoms with E-state index in [-0.39, 0.29) is 0 Å². The first kappa shape index (κ1) is 13.0. The van der Waals surface area contributed by atoms with E-state index >= 15 is 0 Å². The standard InChI is InChI=1S/C20H18N2/c1-2-22-19-11-7-6-10-17(19)18-13-12-16(14-20(18)22)21-15-8-4-3-5-9-15/h3-14,21H,2H2,1H3. The molecule has 0 bridgehead atoms. The summed E-state index contributed by atoms with van der Waals surface area (Å²) in [6.45, 7) is 3.17. The average Bonchev–Trinajstić information content (AvgIpc) is 2.89. The van der Waals surface area contributed by atoms with E-state index in [4.69, 9.17) is 0 Å². The molecular formula is C20H18N2. The number of nitrogens with one attached hydrogen (secondary N) is 1. The quantitative estimate of drug-likeness (QED) is 0.522. The van der Waals surface area contributed by atoms with Gasteiger partial charge in [0, 0.05) is 34.2 Å². The van der Waals surface area contributed by atoms with Gasteiger partial charge in [0.25, 0.3) is 0 Å². The molecule has 0 aliphatic rings. The Bertz CT molecular complexity index is 936. The summed E-state index contributed by atoms with van der Waals surface area (Å²) in [7, 11) is 0. The molecular weight excluding hydrogens is 268 g/mol. The van der Waals surface area contributed by atoms with Crippen molar-refractivity contribution in [1.82, 2.24) is 4.57 Å². The van der Waals surface area contributed by atoms with Crippen LogP contribution in [0.25, 0.3) is 21.8 Å². The summed E-state index contributed by atoms with van der Waals surface area (Å²) in [6, 6.07) is 25.5. The lowest BCUT2D eigenvalue weighted by Crippen LogP contribution is -1.94. The van der Waals surface area contributed by atoms with Crippen molar-refractivity contribution < 1.29 is 0 Å². The molecule has 2 heteroatoms. The first-order chi connectivity index (χ1) is 10.9. The molecule has 108 valence electrons. The molecule has 3 aromatic carbocycles. The maximum atomic E-state index is 3.48. The van der Waals surface area contributed by atoms with Crippen molar-refractivity contribution in [3.05, 3.63) is 72.8 Å². The molecule has 0 radical (unpaired) electrons. The highest BCUT2D eigenvalue weighted by Gasteiger charge is 2.09. The summed E-state index contributed by atoms with van der Waals surface area (Å²) in [5, 5.41) is 6.12. The van der Waals surface area contributed by atoms with Crippen LogP contribution in [0.2, 0.25) is 0 Å². The van der Waals surface area contributed by atoms with Gasteiger partial charge in [-0.05, 0) is 37.3 Å². The second-order valence-corrected chi connectivity index (χ2v) is 5.48. The molecule has 0 saturated heterocycles. The van der Waals surface area contributed by atoms with Gasteiger partial charge in [0.1, 0.15) is 0 Å². The number of para-hydroxylation sites is 2. The maximum Gasteiger partial charge on any atom is 0.0512 e. The van der Waals surface area contributed by atoms with Gasteiger partial charge in [0.15, 0.2) is 0 Å². The highest BCUT2D eigenvalue weighted by Crippen LogP contribution is 2.31. The smallest absolute Gasteiger partial charge is 0.0512 e. The van der Waals surface area contributed by atoms with E-state index in [2.05, 4.69) is 71.4 Å². The minimum absolute atomic E-state index is 0.971. The molecule has 0 saturated carbocycles. The summed E-state index contributed by atoms with van der Waals surface area (Å²) < 4.78 is 2.38. The molecule has 0 spiro atoms. The van der Waals surface area contributed by atoms with Crippen LogP contribution in [0.3, 0.4) is 0 Å². The number of anilines is 2. The van der Waals surface area contributed by atoms with E-state index < -0.39 is 0 Å². The highest BCUT2D eigenvalue weighted by atomic mass is 15.0. The first-order valence-corrected chi connectivity index (χ1v) is 7.70. The van der Waals surface area contributed by atoms with Crippen molar-refractivity contribution in [1.29, 1.82) is 0 Å². The largest absolute Gasteiger partial charge is 0.355 e. The Morgan fingerprint density at radius 1 is 0.727 bits per heavy atom. The molecule has 4 rings (SSSR count). The molecule has 0 amide bonds. The number of nitrogens with zero attached hydrogens (tertiary/aromatic N) is 1. The molecule has 0 aliphatic heterocycles. The van der Waals surface area contributed by atoms with E-state index in [1.165, 1.54) is 21.8 Å².